The van der Waals surface area contributed by atoms with Crippen LogP contribution in [0.25, 0.3) is 60.6 Å². The van der Waals surface area contributed by atoms with Gasteiger partial charge in [0.05, 0.1) is 22.1 Å². The van der Waals surface area contributed by atoms with Crippen LogP contribution in [0.4, 0.5) is 0 Å². The smallest absolute Gasteiger partial charge is 0.260 e. The van der Waals surface area contributed by atoms with Crippen molar-refractivity contribution in [1.29, 1.82) is 0 Å². The van der Waals surface area contributed by atoms with Crippen LogP contribution in [0.3, 0.4) is 0 Å². The van der Waals surface area contributed by atoms with Crippen LogP contribution in [0, 0.1) is 13.8 Å². The fourth-order valence-electron chi connectivity index (χ4n) is 9.81. The Labute approximate surface area is 300 Å². The lowest BCUT2D eigenvalue weighted by molar-refractivity contribution is 0.464. The minimum absolute atomic E-state index is 0.0107. The first-order valence-corrected chi connectivity index (χ1v) is 18.1. The number of fused-ring (bicyclic) bond motifs is 16. The van der Waals surface area contributed by atoms with Gasteiger partial charge in [0.1, 0.15) is 34.2 Å². The predicted molar refractivity (Wildman–Crippen MR) is 213 cm³/mol. The Hall–Kier alpha value is -6.20. The molecule has 7 aromatic carbocycles. The standard InChI is InChI=1S/C47H32BNO3/c1-25-17-19-36-32(21-25)48-33-22-26(2)18-20-37(33)51-39-24-27(23-38(50-36)44(39)48)49-34-15-9-6-12-29(34)40-43-41(28-11-5-8-14-31(28)47(43,3)4)46-42(45(40)49)30-13-7-10-16-35(30)52-46/h5-24H,1-4H3. The molecule has 0 N–H and O–H groups in total. The normalized spacial score (nSPS) is 14.6. The van der Waals surface area contributed by atoms with Gasteiger partial charge in [-0.25, -0.2) is 0 Å². The molecule has 4 heterocycles. The largest absolute Gasteiger partial charge is 0.458 e. The topological polar surface area (TPSA) is 36.5 Å². The maximum absolute atomic E-state index is 6.93. The monoisotopic (exact) mass is 669 g/mol. The van der Waals surface area contributed by atoms with Gasteiger partial charge in [0, 0.05) is 44.7 Å². The van der Waals surface area contributed by atoms with Crippen LogP contribution in [0.15, 0.2) is 126 Å². The number of nitrogens with zero attached hydrogens (tertiary/aromatic N) is 1. The molecule has 3 aliphatic rings. The molecule has 5 heteroatoms. The van der Waals surface area contributed by atoms with E-state index in [9.17, 15) is 0 Å². The molecular weight excluding hydrogens is 637 g/mol. The lowest BCUT2D eigenvalue weighted by atomic mass is 9.34. The lowest BCUT2D eigenvalue weighted by Gasteiger charge is -2.33. The fraction of sp³-hybridized carbons (Fsp3) is 0.106. The first-order valence-electron chi connectivity index (χ1n) is 18.1. The maximum Gasteiger partial charge on any atom is 0.260 e. The van der Waals surface area contributed by atoms with E-state index in [0.29, 0.717) is 0 Å². The zero-order valence-corrected chi connectivity index (χ0v) is 29.3. The summed E-state index contributed by atoms with van der Waals surface area (Å²) in [5, 5.41) is 4.71. The second-order valence-electron chi connectivity index (χ2n) is 15.4. The van der Waals surface area contributed by atoms with Gasteiger partial charge in [-0.2, -0.15) is 0 Å². The number of aryl methyl sites for hydroxylation is 2. The van der Waals surface area contributed by atoms with E-state index in [-0.39, 0.29) is 12.1 Å². The highest BCUT2D eigenvalue weighted by Gasteiger charge is 2.43. The Morgan fingerprint density at radius 2 is 1.25 bits per heavy atom. The number of aromatic nitrogens is 1. The third kappa shape index (κ3) is 3.44. The van der Waals surface area contributed by atoms with Crippen molar-refractivity contribution >= 4 is 66.8 Å². The highest BCUT2D eigenvalue weighted by atomic mass is 16.5. The summed E-state index contributed by atoms with van der Waals surface area (Å²) < 4.78 is 23.1. The molecule has 2 aliphatic heterocycles. The molecule has 246 valence electrons. The Morgan fingerprint density at radius 3 is 1.98 bits per heavy atom. The molecule has 0 fully saturated rings. The third-order valence-corrected chi connectivity index (χ3v) is 12.0. The van der Waals surface area contributed by atoms with Crippen LogP contribution in [0.5, 0.6) is 23.0 Å². The molecule has 0 atom stereocenters. The van der Waals surface area contributed by atoms with Crippen molar-refractivity contribution in [2.24, 2.45) is 0 Å². The minimum atomic E-state index is -0.253. The van der Waals surface area contributed by atoms with Gasteiger partial charge in [-0.1, -0.05) is 110 Å². The highest BCUT2D eigenvalue weighted by molar-refractivity contribution is 6.98. The van der Waals surface area contributed by atoms with Crippen LogP contribution < -0.4 is 25.9 Å². The van der Waals surface area contributed by atoms with Crippen molar-refractivity contribution in [3.05, 3.63) is 144 Å². The molecule has 0 unspecified atom stereocenters. The van der Waals surface area contributed by atoms with Crippen molar-refractivity contribution in [2.45, 2.75) is 33.1 Å². The summed E-state index contributed by atoms with van der Waals surface area (Å²) in [5.41, 5.74) is 15.8. The van der Waals surface area contributed by atoms with E-state index >= 15 is 0 Å². The molecule has 52 heavy (non-hydrogen) atoms. The number of furan rings is 1. The molecule has 0 saturated carbocycles. The van der Waals surface area contributed by atoms with Gasteiger partial charge in [0.15, 0.2) is 0 Å². The van der Waals surface area contributed by atoms with Gasteiger partial charge in [-0.15, -0.1) is 0 Å². The second kappa shape index (κ2) is 9.57. The summed E-state index contributed by atoms with van der Waals surface area (Å²) >= 11 is 0. The molecule has 9 aromatic rings. The van der Waals surface area contributed by atoms with E-state index in [0.717, 1.165) is 67.1 Å². The van der Waals surface area contributed by atoms with Gasteiger partial charge in [0.2, 0.25) is 0 Å². The number of benzene rings is 7. The minimum Gasteiger partial charge on any atom is -0.458 e. The van der Waals surface area contributed by atoms with Crippen molar-refractivity contribution < 1.29 is 13.9 Å². The molecule has 0 saturated heterocycles. The van der Waals surface area contributed by atoms with E-state index in [1.54, 1.807) is 0 Å². The van der Waals surface area contributed by atoms with Gasteiger partial charge >= 0.3 is 0 Å². The summed E-state index contributed by atoms with van der Waals surface area (Å²) in [7, 11) is 0. The summed E-state index contributed by atoms with van der Waals surface area (Å²) in [6.45, 7) is 9.03. The molecule has 0 amide bonds. The van der Waals surface area contributed by atoms with Crippen molar-refractivity contribution in [3.63, 3.8) is 0 Å². The van der Waals surface area contributed by atoms with Crippen LogP contribution >= 0.6 is 0 Å². The van der Waals surface area contributed by atoms with E-state index < -0.39 is 0 Å². The maximum atomic E-state index is 6.93. The van der Waals surface area contributed by atoms with Crippen molar-refractivity contribution in [1.82, 2.24) is 4.57 Å². The Kier molecular flexibility index (Phi) is 5.24. The summed E-state index contributed by atoms with van der Waals surface area (Å²) in [6.07, 6.45) is 0. The van der Waals surface area contributed by atoms with Gasteiger partial charge in [-0.05, 0) is 65.7 Å². The van der Waals surface area contributed by atoms with Gasteiger partial charge in [0.25, 0.3) is 6.71 Å². The van der Waals surface area contributed by atoms with Crippen LogP contribution in [0.1, 0.15) is 36.1 Å². The Balaban J connectivity index is 1.24. The number of hydrogen-bond acceptors (Lipinski definition) is 3. The quantitative estimate of drug-likeness (QED) is 0.163. The first kappa shape index (κ1) is 28.5. The number of rotatable bonds is 1. The average Bonchev–Trinajstić information content (AvgIpc) is 3.77. The summed E-state index contributed by atoms with van der Waals surface area (Å²) in [6, 6.07) is 43.7. The SMILES string of the molecule is Cc1ccc2c(c1)B1c3cc(C)ccc3Oc3cc(-n4c5ccccc5c5c6c(c7oc8ccccc8c7c54)-c4ccccc4C6(C)C)cc(c31)O2. The van der Waals surface area contributed by atoms with E-state index in [2.05, 4.69) is 154 Å². The average molecular weight is 670 g/mol. The second-order valence-corrected chi connectivity index (χ2v) is 15.4. The molecule has 0 bridgehead atoms. The molecule has 0 radical (unpaired) electrons. The van der Waals surface area contributed by atoms with Gasteiger partial charge in [-0.3, -0.25) is 0 Å². The Morgan fingerprint density at radius 1 is 0.615 bits per heavy atom. The van der Waals surface area contributed by atoms with E-state index in [1.165, 1.54) is 55.1 Å². The molecule has 2 aromatic heterocycles. The molecule has 0 spiro atoms. The molecule has 1 aliphatic carbocycles. The van der Waals surface area contributed by atoms with E-state index in [1.807, 2.05) is 0 Å². The van der Waals surface area contributed by atoms with Crippen LogP contribution in [0.2, 0.25) is 0 Å². The molecule has 12 rings (SSSR count). The molecular formula is C47H32BNO3. The Bertz CT molecular complexity index is 3010. The number of para-hydroxylation sites is 2. The summed E-state index contributed by atoms with van der Waals surface area (Å²) in [5.74, 6) is 3.44. The zero-order valence-electron chi connectivity index (χ0n) is 29.3. The first-order chi connectivity index (χ1) is 25.4. The fourth-order valence-corrected chi connectivity index (χ4v) is 9.81. The lowest BCUT2D eigenvalue weighted by Crippen LogP contribution is -2.57. The highest BCUT2D eigenvalue weighted by Crippen LogP contribution is 2.58. The summed E-state index contributed by atoms with van der Waals surface area (Å²) in [4.78, 5) is 0. The predicted octanol–water partition coefficient (Wildman–Crippen LogP) is 10.3. The molecule has 4 nitrogen and oxygen atoms in total. The van der Waals surface area contributed by atoms with Crippen molar-refractivity contribution in [2.75, 3.05) is 0 Å². The number of ether oxygens (including phenoxy) is 2. The van der Waals surface area contributed by atoms with Crippen LogP contribution in [-0.4, -0.2) is 11.3 Å². The van der Waals surface area contributed by atoms with Gasteiger partial charge < -0.3 is 18.5 Å². The third-order valence-electron chi connectivity index (χ3n) is 12.0. The zero-order chi connectivity index (χ0) is 34.6. The van der Waals surface area contributed by atoms with E-state index in [4.69, 9.17) is 13.9 Å². The van der Waals surface area contributed by atoms with Crippen LogP contribution in [-0.2, 0) is 5.41 Å². The number of hydrogen-bond donors (Lipinski definition) is 0. The van der Waals surface area contributed by atoms with Crippen molar-refractivity contribution in [3.8, 4) is 39.8 Å².